The van der Waals surface area contributed by atoms with Gasteiger partial charge in [0.25, 0.3) is 0 Å². The molecule has 13 nitrogen and oxygen atoms in total. The average molecular weight is 596 g/mol. The highest BCUT2D eigenvalue weighted by molar-refractivity contribution is 6.02. The third kappa shape index (κ3) is 11.5. The number of hydrogen-bond acceptors (Lipinski definition) is 8. The van der Waals surface area contributed by atoms with Crippen molar-refractivity contribution in [2.75, 3.05) is 13.2 Å². The van der Waals surface area contributed by atoms with E-state index in [1.165, 1.54) is 0 Å². The largest absolute Gasteiger partial charge is 0.490 e. The number of amidine groups is 1. The molecule has 3 rings (SSSR count). The molecule has 0 aromatic heterocycles. The highest BCUT2D eigenvalue weighted by Gasteiger charge is 2.38. The van der Waals surface area contributed by atoms with E-state index in [1.807, 2.05) is 30.3 Å². The standard InChI is InChI=1S/C24H27N5O6.C2HF3O2/c25-22(26)17-8-6-16(7-9-17)19-12-18(35-29-19)13-21(30)27-14-20(23(31)32)28-24(33)34-11-10-15-4-2-1-3-5-15;3-2(4,5)1(6)7/h1-9,18,20H,10-14H2,(H3,25,26)(H,27,30)(H,28,33)(H,31,32);(H,6,7)/t18?,20-;/m0./s1. The zero-order valence-electron chi connectivity index (χ0n) is 21.9. The van der Waals surface area contributed by atoms with Gasteiger partial charge in [0.05, 0.1) is 18.7 Å². The van der Waals surface area contributed by atoms with Gasteiger partial charge in [-0.2, -0.15) is 13.2 Å². The molecule has 1 unspecified atom stereocenters. The molecule has 0 saturated heterocycles. The van der Waals surface area contributed by atoms with E-state index >= 15 is 0 Å². The molecule has 7 N–H and O–H groups in total. The number of alkyl carbamates (subject to hydrolysis) is 1. The van der Waals surface area contributed by atoms with Crippen molar-refractivity contribution in [3.05, 3.63) is 71.3 Å². The van der Waals surface area contributed by atoms with Crippen LogP contribution in [0.5, 0.6) is 0 Å². The Hall–Kier alpha value is -5.15. The van der Waals surface area contributed by atoms with Crippen LogP contribution < -0.4 is 16.4 Å². The molecule has 0 bridgehead atoms. The number of carboxylic acids is 2. The number of halogens is 3. The van der Waals surface area contributed by atoms with E-state index in [4.69, 9.17) is 30.6 Å². The molecular formula is C26H28F3N5O8. The minimum Gasteiger partial charge on any atom is -0.480 e. The first-order chi connectivity index (χ1) is 19.8. The molecule has 0 fully saturated rings. The molecule has 226 valence electrons. The highest BCUT2D eigenvalue weighted by Crippen LogP contribution is 2.19. The number of carbonyl (C=O) groups excluding carboxylic acids is 2. The van der Waals surface area contributed by atoms with Gasteiger partial charge in [0.15, 0.2) is 0 Å². The Kier molecular flexibility index (Phi) is 12.3. The summed E-state index contributed by atoms with van der Waals surface area (Å²) in [5, 5.41) is 32.7. The number of aliphatic carboxylic acids is 2. The summed E-state index contributed by atoms with van der Waals surface area (Å²) in [5.41, 5.74) is 8.47. The minimum atomic E-state index is -5.08. The first-order valence-corrected chi connectivity index (χ1v) is 12.2. The number of hydrogen-bond donors (Lipinski definition) is 6. The molecule has 0 spiro atoms. The highest BCUT2D eigenvalue weighted by atomic mass is 19.4. The van der Waals surface area contributed by atoms with Crippen molar-refractivity contribution >= 4 is 35.5 Å². The topological polar surface area (TPSA) is 213 Å². The van der Waals surface area contributed by atoms with Gasteiger partial charge in [-0.1, -0.05) is 59.8 Å². The van der Waals surface area contributed by atoms with Crippen molar-refractivity contribution in [1.29, 1.82) is 5.41 Å². The van der Waals surface area contributed by atoms with E-state index in [0.29, 0.717) is 24.1 Å². The maximum Gasteiger partial charge on any atom is 0.490 e. The summed E-state index contributed by atoms with van der Waals surface area (Å²) < 4.78 is 36.8. The number of nitrogen functional groups attached to an aromatic ring is 1. The molecule has 2 aromatic rings. The number of rotatable bonds is 11. The maximum atomic E-state index is 12.3. The predicted octanol–water partition coefficient (Wildman–Crippen LogP) is 2.03. The van der Waals surface area contributed by atoms with Gasteiger partial charge in [0.2, 0.25) is 5.91 Å². The van der Waals surface area contributed by atoms with Crippen LogP contribution in [-0.4, -0.2) is 77.2 Å². The Morgan fingerprint density at radius 1 is 1.10 bits per heavy atom. The second kappa shape index (κ2) is 15.6. The number of carboxylic acid groups (broad SMARTS) is 2. The van der Waals surface area contributed by atoms with Crippen LogP contribution in [0.4, 0.5) is 18.0 Å². The number of nitrogens with zero attached hydrogens (tertiary/aromatic N) is 1. The fraction of sp³-hybridized carbons (Fsp3) is 0.308. The van der Waals surface area contributed by atoms with Gasteiger partial charge in [0.1, 0.15) is 18.0 Å². The number of amides is 2. The average Bonchev–Trinajstić information content (AvgIpc) is 3.39. The smallest absolute Gasteiger partial charge is 0.480 e. The molecule has 1 aliphatic rings. The monoisotopic (exact) mass is 595 g/mol. The summed E-state index contributed by atoms with van der Waals surface area (Å²) in [4.78, 5) is 49.9. The third-order valence-electron chi connectivity index (χ3n) is 5.48. The van der Waals surface area contributed by atoms with Crippen LogP contribution in [0, 0.1) is 5.41 Å². The van der Waals surface area contributed by atoms with Crippen LogP contribution >= 0.6 is 0 Å². The number of ether oxygens (including phenoxy) is 1. The first-order valence-electron chi connectivity index (χ1n) is 12.2. The summed E-state index contributed by atoms with van der Waals surface area (Å²) in [7, 11) is 0. The lowest BCUT2D eigenvalue weighted by Gasteiger charge is -2.16. The number of nitrogens with two attached hydrogens (primary N) is 1. The summed E-state index contributed by atoms with van der Waals surface area (Å²) in [6.45, 7) is -0.220. The van der Waals surface area contributed by atoms with E-state index in [2.05, 4.69) is 15.8 Å². The zero-order chi connectivity index (χ0) is 31.3. The molecule has 0 radical (unpaired) electrons. The van der Waals surface area contributed by atoms with Gasteiger partial charge >= 0.3 is 24.2 Å². The van der Waals surface area contributed by atoms with Crippen LogP contribution in [0.3, 0.4) is 0 Å². The van der Waals surface area contributed by atoms with Crippen LogP contribution in [0.1, 0.15) is 29.5 Å². The lowest BCUT2D eigenvalue weighted by molar-refractivity contribution is -0.192. The Morgan fingerprint density at radius 3 is 2.26 bits per heavy atom. The molecule has 2 aromatic carbocycles. The fourth-order valence-electron chi connectivity index (χ4n) is 3.34. The predicted molar refractivity (Wildman–Crippen MR) is 141 cm³/mol. The van der Waals surface area contributed by atoms with Gasteiger partial charge in [-0.3, -0.25) is 10.2 Å². The van der Waals surface area contributed by atoms with E-state index in [0.717, 1.165) is 11.1 Å². The van der Waals surface area contributed by atoms with Gasteiger partial charge in [0, 0.05) is 24.9 Å². The van der Waals surface area contributed by atoms with Gasteiger partial charge < -0.3 is 36.2 Å². The molecule has 1 aliphatic heterocycles. The van der Waals surface area contributed by atoms with Gasteiger partial charge in [-0.25, -0.2) is 14.4 Å². The second-order valence-corrected chi connectivity index (χ2v) is 8.68. The molecule has 2 atom stereocenters. The van der Waals surface area contributed by atoms with E-state index in [1.54, 1.807) is 24.3 Å². The molecule has 42 heavy (non-hydrogen) atoms. The molecular weight excluding hydrogens is 567 g/mol. The van der Waals surface area contributed by atoms with E-state index in [-0.39, 0.29) is 25.4 Å². The molecule has 2 amide bonds. The molecule has 0 aliphatic carbocycles. The lowest BCUT2D eigenvalue weighted by atomic mass is 10.0. The van der Waals surface area contributed by atoms with Gasteiger partial charge in [-0.15, -0.1) is 0 Å². The van der Waals surface area contributed by atoms with Crippen molar-refractivity contribution in [3.63, 3.8) is 0 Å². The summed E-state index contributed by atoms with van der Waals surface area (Å²) in [6.07, 6.45) is -5.62. The minimum absolute atomic E-state index is 0.0353. The number of benzene rings is 2. The molecule has 16 heteroatoms. The van der Waals surface area contributed by atoms with E-state index < -0.39 is 42.3 Å². The van der Waals surface area contributed by atoms with Crippen molar-refractivity contribution in [2.24, 2.45) is 10.9 Å². The Bertz CT molecular complexity index is 1290. The fourth-order valence-corrected chi connectivity index (χ4v) is 3.34. The number of nitrogens with one attached hydrogen (secondary N) is 3. The first kappa shape index (κ1) is 33.1. The number of carbonyl (C=O) groups is 4. The maximum absolute atomic E-state index is 12.3. The van der Waals surface area contributed by atoms with Crippen molar-refractivity contribution in [3.8, 4) is 0 Å². The quantitative estimate of drug-likeness (QED) is 0.165. The lowest BCUT2D eigenvalue weighted by Crippen LogP contribution is -2.49. The SMILES string of the molecule is N=C(N)c1ccc(C2=NOC(CC(=O)NC[C@H](NC(=O)OCCc3ccccc3)C(=O)O)C2)cc1.O=C(O)C(F)(F)F. The summed E-state index contributed by atoms with van der Waals surface area (Å²) >= 11 is 0. The zero-order valence-corrected chi connectivity index (χ0v) is 21.9. The van der Waals surface area contributed by atoms with Crippen LogP contribution in [0.15, 0.2) is 59.8 Å². The summed E-state index contributed by atoms with van der Waals surface area (Å²) in [5.74, 6) is -4.54. The summed E-state index contributed by atoms with van der Waals surface area (Å²) in [6, 6.07) is 15.0. The molecule has 1 heterocycles. The molecule has 0 saturated carbocycles. The second-order valence-electron chi connectivity index (χ2n) is 8.68. The number of alkyl halides is 3. The Morgan fingerprint density at radius 2 is 1.71 bits per heavy atom. The van der Waals surface area contributed by atoms with Crippen molar-refractivity contribution in [1.82, 2.24) is 10.6 Å². The van der Waals surface area contributed by atoms with Crippen LogP contribution in [0.25, 0.3) is 0 Å². The Balaban J connectivity index is 0.000000782. The van der Waals surface area contributed by atoms with Crippen molar-refractivity contribution in [2.45, 2.75) is 37.6 Å². The number of oxime groups is 1. The van der Waals surface area contributed by atoms with Crippen molar-refractivity contribution < 1.29 is 52.1 Å². The Labute approximate surface area is 237 Å². The van der Waals surface area contributed by atoms with Crippen LogP contribution in [0.2, 0.25) is 0 Å². The van der Waals surface area contributed by atoms with E-state index in [9.17, 15) is 32.7 Å². The normalized spacial score (nSPS) is 14.6. The van der Waals surface area contributed by atoms with Gasteiger partial charge in [-0.05, 0) is 11.1 Å². The van der Waals surface area contributed by atoms with Crippen LogP contribution in [-0.2, 0) is 30.4 Å². The third-order valence-corrected chi connectivity index (χ3v) is 5.48.